The average Bonchev–Trinajstić information content (AvgIpc) is 2.83. The normalized spacial score (nSPS) is 19.7. The Labute approximate surface area is 106 Å². The third kappa shape index (κ3) is 2.52. The minimum absolute atomic E-state index is 0.0214. The standard InChI is InChI=1S/C12H18N4O2/c1-8(2)14-12(18)9-4-11(17)16(6-9)10-5-13-15(3)7-10/h5,7-9H,4,6H2,1-3H3,(H,14,18). The fourth-order valence-corrected chi connectivity index (χ4v) is 2.08. The fourth-order valence-electron chi connectivity index (χ4n) is 2.08. The molecular weight excluding hydrogens is 232 g/mol. The van der Waals surface area contributed by atoms with Gasteiger partial charge >= 0.3 is 0 Å². The smallest absolute Gasteiger partial charge is 0.227 e. The van der Waals surface area contributed by atoms with E-state index in [9.17, 15) is 9.59 Å². The van der Waals surface area contributed by atoms with E-state index < -0.39 is 0 Å². The first-order chi connectivity index (χ1) is 8.47. The predicted octanol–water partition coefficient (Wildman–Crippen LogP) is 0.298. The lowest BCUT2D eigenvalue weighted by Gasteiger charge is -2.15. The van der Waals surface area contributed by atoms with Crippen molar-refractivity contribution in [3.05, 3.63) is 12.4 Å². The van der Waals surface area contributed by atoms with Crippen LogP contribution in [0.15, 0.2) is 12.4 Å². The summed E-state index contributed by atoms with van der Waals surface area (Å²) in [6, 6.07) is 0.0973. The summed E-state index contributed by atoms with van der Waals surface area (Å²) in [7, 11) is 1.80. The van der Waals surface area contributed by atoms with Gasteiger partial charge in [0.25, 0.3) is 0 Å². The van der Waals surface area contributed by atoms with E-state index in [0.717, 1.165) is 5.69 Å². The molecule has 2 amide bonds. The van der Waals surface area contributed by atoms with Gasteiger partial charge in [-0.2, -0.15) is 5.10 Å². The zero-order valence-electron chi connectivity index (χ0n) is 10.9. The monoisotopic (exact) mass is 250 g/mol. The third-order valence-electron chi connectivity index (χ3n) is 2.93. The first-order valence-electron chi connectivity index (χ1n) is 6.06. The number of carbonyl (C=O) groups excluding carboxylic acids is 2. The van der Waals surface area contributed by atoms with Crippen LogP contribution < -0.4 is 10.2 Å². The molecule has 1 aromatic heterocycles. The molecule has 0 bridgehead atoms. The second-order valence-electron chi connectivity index (χ2n) is 4.94. The van der Waals surface area contributed by atoms with Gasteiger partial charge in [0, 0.05) is 32.3 Å². The maximum Gasteiger partial charge on any atom is 0.227 e. The molecular formula is C12H18N4O2. The molecule has 0 aromatic carbocycles. The Hall–Kier alpha value is -1.85. The van der Waals surface area contributed by atoms with E-state index in [4.69, 9.17) is 0 Å². The van der Waals surface area contributed by atoms with Crippen molar-refractivity contribution in [1.29, 1.82) is 0 Å². The number of nitrogens with one attached hydrogen (secondary N) is 1. The number of hydrogen-bond acceptors (Lipinski definition) is 3. The van der Waals surface area contributed by atoms with Crippen molar-refractivity contribution in [2.45, 2.75) is 26.3 Å². The maximum absolute atomic E-state index is 11.9. The van der Waals surface area contributed by atoms with Crippen molar-refractivity contribution in [1.82, 2.24) is 15.1 Å². The highest BCUT2D eigenvalue weighted by molar-refractivity contribution is 6.00. The molecule has 0 radical (unpaired) electrons. The molecule has 1 N–H and O–H groups in total. The number of carbonyl (C=O) groups is 2. The second kappa shape index (κ2) is 4.80. The Morgan fingerprint density at radius 2 is 2.28 bits per heavy atom. The van der Waals surface area contributed by atoms with Gasteiger partial charge in [0.15, 0.2) is 0 Å². The van der Waals surface area contributed by atoms with Crippen LogP contribution in [-0.2, 0) is 16.6 Å². The van der Waals surface area contributed by atoms with Crippen LogP contribution >= 0.6 is 0 Å². The van der Waals surface area contributed by atoms with E-state index in [1.807, 2.05) is 13.8 Å². The van der Waals surface area contributed by atoms with Crippen molar-refractivity contribution in [2.24, 2.45) is 13.0 Å². The van der Waals surface area contributed by atoms with Gasteiger partial charge in [0.05, 0.1) is 17.8 Å². The highest BCUT2D eigenvalue weighted by Crippen LogP contribution is 2.24. The third-order valence-corrected chi connectivity index (χ3v) is 2.93. The van der Waals surface area contributed by atoms with Crippen molar-refractivity contribution in [3.8, 4) is 0 Å². The minimum Gasteiger partial charge on any atom is -0.354 e. The van der Waals surface area contributed by atoms with E-state index in [0.29, 0.717) is 6.54 Å². The molecule has 6 nitrogen and oxygen atoms in total. The van der Waals surface area contributed by atoms with E-state index >= 15 is 0 Å². The highest BCUT2D eigenvalue weighted by Gasteiger charge is 2.35. The Bertz CT molecular complexity index is 466. The summed E-state index contributed by atoms with van der Waals surface area (Å²) in [5.74, 6) is -0.336. The first-order valence-corrected chi connectivity index (χ1v) is 6.06. The van der Waals surface area contributed by atoms with Crippen LogP contribution in [0.2, 0.25) is 0 Å². The van der Waals surface area contributed by atoms with Crippen LogP contribution in [-0.4, -0.2) is 34.2 Å². The summed E-state index contributed by atoms with van der Waals surface area (Å²) < 4.78 is 1.64. The summed E-state index contributed by atoms with van der Waals surface area (Å²) in [5, 5.41) is 6.88. The van der Waals surface area contributed by atoms with Crippen molar-refractivity contribution < 1.29 is 9.59 Å². The Kier molecular flexibility index (Phi) is 3.36. The molecule has 98 valence electrons. The molecule has 1 atom stereocenters. The summed E-state index contributed by atoms with van der Waals surface area (Å²) in [6.07, 6.45) is 3.69. The summed E-state index contributed by atoms with van der Waals surface area (Å²) in [6.45, 7) is 4.25. The number of hydrogen-bond donors (Lipinski definition) is 1. The first kappa shape index (κ1) is 12.6. The van der Waals surface area contributed by atoms with Gasteiger partial charge in [-0.1, -0.05) is 0 Å². The maximum atomic E-state index is 11.9. The van der Waals surface area contributed by atoms with E-state index in [1.165, 1.54) is 0 Å². The van der Waals surface area contributed by atoms with Crippen LogP contribution in [0.4, 0.5) is 5.69 Å². The number of aryl methyl sites for hydroxylation is 1. The van der Waals surface area contributed by atoms with E-state index in [2.05, 4.69) is 10.4 Å². The van der Waals surface area contributed by atoms with Gasteiger partial charge < -0.3 is 10.2 Å². The topological polar surface area (TPSA) is 67.2 Å². The minimum atomic E-state index is -0.264. The Morgan fingerprint density at radius 3 is 2.83 bits per heavy atom. The molecule has 1 aromatic rings. The van der Waals surface area contributed by atoms with E-state index in [-0.39, 0.29) is 30.2 Å². The molecule has 18 heavy (non-hydrogen) atoms. The summed E-state index contributed by atoms with van der Waals surface area (Å²) in [5.41, 5.74) is 0.752. The van der Waals surface area contributed by atoms with Crippen molar-refractivity contribution >= 4 is 17.5 Å². The highest BCUT2D eigenvalue weighted by atomic mass is 16.2. The van der Waals surface area contributed by atoms with Gasteiger partial charge in [0.1, 0.15) is 0 Å². The number of nitrogens with zero attached hydrogens (tertiary/aromatic N) is 3. The number of aromatic nitrogens is 2. The largest absolute Gasteiger partial charge is 0.354 e. The molecule has 1 aliphatic heterocycles. The van der Waals surface area contributed by atoms with E-state index in [1.54, 1.807) is 29.0 Å². The lowest BCUT2D eigenvalue weighted by atomic mass is 10.1. The number of rotatable bonds is 3. The van der Waals surface area contributed by atoms with Crippen LogP contribution in [0, 0.1) is 5.92 Å². The van der Waals surface area contributed by atoms with Gasteiger partial charge in [-0.3, -0.25) is 14.3 Å². The Balaban J connectivity index is 2.05. The van der Waals surface area contributed by atoms with Crippen LogP contribution in [0.3, 0.4) is 0 Å². The molecule has 2 heterocycles. The molecule has 0 saturated carbocycles. The molecule has 1 unspecified atom stereocenters. The second-order valence-corrected chi connectivity index (χ2v) is 4.94. The van der Waals surface area contributed by atoms with Crippen LogP contribution in [0.1, 0.15) is 20.3 Å². The molecule has 6 heteroatoms. The SMILES string of the molecule is CC(C)NC(=O)C1CC(=O)N(c2cnn(C)c2)C1. The molecule has 0 aliphatic carbocycles. The van der Waals surface area contributed by atoms with Crippen molar-refractivity contribution in [2.75, 3.05) is 11.4 Å². The zero-order chi connectivity index (χ0) is 13.3. The lowest BCUT2D eigenvalue weighted by Crippen LogP contribution is -2.36. The lowest BCUT2D eigenvalue weighted by molar-refractivity contribution is -0.126. The van der Waals surface area contributed by atoms with Crippen LogP contribution in [0.5, 0.6) is 0 Å². The zero-order valence-corrected chi connectivity index (χ0v) is 10.9. The average molecular weight is 250 g/mol. The van der Waals surface area contributed by atoms with Crippen molar-refractivity contribution in [3.63, 3.8) is 0 Å². The molecule has 0 spiro atoms. The summed E-state index contributed by atoms with van der Waals surface area (Å²) >= 11 is 0. The van der Waals surface area contributed by atoms with Gasteiger partial charge in [-0.25, -0.2) is 0 Å². The predicted molar refractivity (Wildman–Crippen MR) is 66.9 cm³/mol. The molecule has 1 saturated heterocycles. The number of anilines is 1. The molecule has 1 aliphatic rings. The molecule has 2 rings (SSSR count). The van der Waals surface area contributed by atoms with Crippen LogP contribution in [0.25, 0.3) is 0 Å². The number of amides is 2. The summed E-state index contributed by atoms with van der Waals surface area (Å²) in [4.78, 5) is 25.4. The molecule has 1 fully saturated rings. The fraction of sp³-hybridized carbons (Fsp3) is 0.583. The quantitative estimate of drug-likeness (QED) is 0.839. The van der Waals surface area contributed by atoms with Gasteiger partial charge in [-0.15, -0.1) is 0 Å². The van der Waals surface area contributed by atoms with Gasteiger partial charge in [0.2, 0.25) is 11.8 Å². The Morgan fingerprint density at radius 1 is 1.56 bits per heavy atom. The van der Waals surface area contributed by atoms with Gasteiger partial charge in [-0.05, 0) is 13.8 Å².